The number of hydrogen-bond donors (Lipinski definition) is 4. The summed E-state index contributed by atoms with van der Waals surface area (Å²) >= 11 is 0. The van der Waals surface area contributed by atoms with Crippen LogP contribution in [0.4, 0.5) is 21.8 Å². The molecule has 2 aliphatic rings. The third kappa shape index (κ3) is 5.78. The van der Waals surface area contributed by atoms with Crippen molar-refractivity contribution >= 4 is 17.5 Å². The van der Waals surface area contributed by atoms with Crippen molar-refractivity contribution in [3.63, 3.8) is 0 Å². The lowest BCUT2D eigenvalue weighted by Crippen LogP contribution is -2.66. The van der Waals surface area contributed by atoms with Crippen LogP contribution in [-0.2, 0) is 7.05 Å². The van der Waals surface area contributed by atoms with Crippen molar-refractivity contribution in [1.82, 2.24) is 34.7 Å². The minimum absolute atomic E-state index is 0.0255. The fourth-order valence-corrected chi connectivity index (χ4v) is 5.92. The zero-order chi connectivity index (χ0) is 30.4. The monoisotopic (exact) mass is 581 g/mol. The number of aromatic nitrogens is 6. The lowest BCUT2D eigenvalue weighted by molar-refractivity contribution is -0.0159. The minimum atomic E-state index is -1.22. The number of anilines is 3. The molecule has 5 N–H and O–H groups in total. The van der Waals surface area contributed by atoms with Gasteiger partial charge in [-0.3, -0.25) is 4.90 Å². The number of rotatable bonds is 8. The number of ether oxygens (including phenoxy) is 1. The summed E-state index contributed by atoms with van der Waals surface area (Å²) in [6, 6.07) is 4.46. The number of aliphatic hydroxyl groups is 1. The number of piperidine rings is 1. The predicted octanol–water partition coefficient (Wildman–Crippen LogP) is 1.76. The van der Waals surface area contributed by atoms with Crippen molar-refractivity contribution in [3.05, 3.63) is 40.2 Å². The molecule has 0 amide bonds. The van der Waals surface area contributed by atoms with Crippen LogP contribution in [0.2, 0.25) is 0 Å². The van der Waals surface area contributed by atoms with Crippen molar-refractivity contribution in [2.75, 3.05) is 23.8 Å². The molecule has 0 saturated carbocycles. The maximum Gasteiger partial charge on any atom is 0.368 e. The second-order valence-electron chi connectivity index (χ2n) is 12.3. The normalized spacial score (nSPS) is 21.9. The van der Waals surface area contributed by atoms with Gasteiger partial charge < -0.3 is 26.2 Å². The van der Waals surface area contributed by atoms with E-state index >= 15 is 4.39 Å². The molecule has 15 heteroatoms. The molecule has 2 aliphatic heterocycles. The molecule has 0 aliphatic carbocycles. The fourth-order valence-electron chi connectivity index (χ4n) is 5.92. The van der Waals surface area contributed by atoms with Gasteiger partial charge in [0.15, 0.2) is 5.82 Å². The van der Waals surface area contributed by atoms with Gasteiger partial charge in [-0.1, -0.05) is 0 Å². The molecule has 2 fully saturated rings. The van der Waals surface area contributed by atoms with Crippen LogP contribution in [0.1, 0.15) is 58.9 Å². The number of nitrogens with one attached hydrogen (secondary N) is 2. The van der Waals surface area contributed by atoms with Gasteiger partial charge in [0.1, 0.15) is 35.5 Å². The van der Waals surface area contributed by atoms with E-state index < -0.39 is 22.8 Å². The van der Waals surface area contributed by atoms with Gasteiger partial charge in [0.25, 0.3) is 0 Å². The van der Waals surface area contributed by atoms with E-state index in [0.29, 0.717) is 12.2 Å². The van der Waals surface area contributed by atoms with Crippen molar-refractivity contribution in [2.24, 2.45) is 12.8 Å². The Bertz CT molecular complexity index is 1590. The van der Waals surface area contributed by atoms with Gasteiger partial charge in [-0.15, -0.1) is 0 Å². The Labute approximate surface area is 242 Å². The first-order chi connectivity index (χ1) is 19.7. The van der Waals surface area contributed by atoms with Gasteiger partial charge in [-0.25, -0.2) is 14.2 Å². The minimum Gasteiger partial charge on any atom is -0.488 e. The SMILES string of the molecule is Cn1nnn(-c2cc(Nc3ncc(C#N)c(NC4CC(C)(C)N5CCCC5(N)C4)n3)c(F)cc2OCC(C)(C)O)c1=O. The highest BCUT2D eigenvalue weighted by Gasteiger charge is 2.50. The molecule has 42 heavy (non-hydrogen) atoms. The highest BCUT2D eigenvalue weighted by atomic mass is 19.1. The summed E-state index contributed by atoms with van der Waals surface area (Å²) in [5.41, 5.74) is 4.68. The second kappa shape index (κ2) is 10.6. The summed E-state index contributed by atoms with van der Waals surface area (Å²) in [7, 11) is 1.43. The van der Waals surface area contributed by atoms with E-state index in [-0.39, 0.29) is 46.8 Å². The maximum absolute atomic E-state index is 15.4. The summed E-state index contributed by atoms with van der Waals surface area (Å²) in [5, 5.41) is 33.7. The van der Waals surface area contributed by atoms with E-state index in [1.165, 1.54) is 33.2 Å². The highest BCUT2D eigenvalue weighted by molar-refractivity contribution is 5.64. The smallest absolute Gasteiger partial charge is 0.368 e. The van der Waals surface area contributed by atoms with E-state index in [4.69, 9.17) is 10.5 Å². The van der Waals surface area contributed by atoms with E-state index in [2.05, 4.69) is 55.8 Å². The number of halogens is 1. The van der Waals surface area contributed by atoms with Gasteiger partial charge in [0.2, 0.25) is 5.95 Å². The van der Waals surface area contributed by atoms with E-state index in [0.717, 1.165) is 41.2 Å². The first kappa shape index (κ1) is 29.4. The van der Waals surface area contributed by atoms with Gasteiger partial charge in [-0.05, 0) is 69.9 Å². The molecule has 14 nitrogen and oxygen atoms in total. The van der Waals surface area contributed by atoms with Crippen LogP contribution in [0, 0.1) is 17.1 Å². The molecule has 2 atom stereocenters. The molecular formula is C27H36FN11O3. The molecule has 1 aromatic carbocycles. The number of benzene rings is 1. The van der Waals surface area contributed by atoms with E-state index in [1.54, 1.807) is 0 Å². The molecule has 0 spiro atoms. The lowest BCUT2D eigenvalue weighted by atomic mass is 9.80. The number of fused-ring (bicyclic) bond motifs is 1. The molecule has 5 rings (SSSR count). The highest BCUT2D eigenvalue weighted by Crippen LogP contribution is 2.43. The summed E-state index contributed by atoms with van der Waals surface area (Å²) in [4.78, 5) is 23.7. The van der Waals surface area contributed by atoms with E-state index in [1.807, 2.05) is 0 Å². The topological polar surface area (TPSA) is 185 Å². The van der Waals surface area contributed by atoms with E-state index in [9.17, 15) is 15.2 Å². The molecule has 0 radical (unpaired) electrons. The van der Waals surface area contributed by atoms with Crippen molar-refractivity contribution in [1.29, 1.82) is 5.26 Å². The molecule has 4 heterocycles. The maximum atomic E-state index is 15.4. The number of nitrogens with zero attached hydrogens (tertiary/aromatic N) is 8. The number of nitriles is 1. The lowest BCUT2D eigenvalue weighted by Gasteiger charge is -2.53. The summed E-state index contributed by atoms with van der Waals surface area (Å²) in [5.74, 6) is -0.424. The van der Waals surface area contributed by atoms with Crippen LogP contribution in [0.5, 0.6) is 5.75 Å². The molecule has 224 valence electrons. The largest absolute Gasteiger partial charge is 0.488 e. The van der Waals surface area contributed by atoms with Crippen LogP contribution in [0.25, 0.3) is 5.69 Å². The van der Waals surface area contributed by atoms with Crippen molar-refractivity contribution in [3.8, 4) is 17.5 Å². The Morgan fingerprint density at radius 3 is 2.74 bits per heavy atom. The Hall–Kier alpha value is -4.13. The number of aryl methyl sites for hydroxylation is 1. The second-order valence-corrected chi connectivity index (χ2v) is 12.3. The third-order valence-electron chi connectivity index (χ3n) is 7.68. The van der Waals surface area contributed by atoms with Gasteiger partial charge >= 0.3 is 5.69 Å². The molecule has 2 unspecified atom stereocenters. The van der Waals surface area contributed by atoms with Crippen LogP contribution in [-0.4, -0.2) is 75.8 Å². The Morgan fingerprint density at radius 1 is 1.31 bits per heavy atom. The Morgan fingerprint density at radius 2 is 2.07 bits per heavy atom. The zero-order valence-corrected chi connectivity index (χ0v) is 24.3. The average Bonchev–Trinajstić information content (AvgIpc) is 3.45. The third-order valence-corrected chi connectivity index (χ3v) is 7.68. The predicted molar refractivity (Wildman–Crippen MR) is 152 cm³/mol. The summed E-state index contributed by atoms with van der Waals surface area (Å²) in [6.07, 6.45) is 4.76. The van der Waals surface area contributed by atoms with Crippen LogP contribution < -0.4 is 26.8 Å². The molecule has 2 aromatic heterocycles. The molecule has 0 bridgehead atoms. The number of tetrazole rings is 1. The quantitative estimate of drug-likeness (QED) is 0.303. The van der Waals surface area contributed by atoms with Gasteiger partial charge in [-0.2, -0.15) is 19.6 Å². The Kier molecular flexibility index (Phi) is 7.42. The number of nitrogens with two attached hydrogens (primary N) is 1. The van der Waals surface area contributed by atoms with Crippen LogP contribution in [0.15, 0.2) is 23.1 Å². The fraction of sp³-hybridized carbons (Fsp3) is 0.556. The first-order valence-electron chi connectivity index (χ1n) is 13.7. The summed E-state index contributed by atoms with van der Waals surface area (Å²) in [6.45, 7) is 8.19. The average molecular weight is 582 g/mol. The molecule has 2 saturated heterocycles. The molecular weight excluding hydrogens is 545 g/mol. The van der Waals surface area contributed by atoms with Crippen molar-refractivity contribution < 1.29 is 14.2 Å². The summed E-state index contributed by atoms with van der Waals surface area (Å²) < 4.78 is 23.0. The Balaban J connectivity index is 1.45. The van der Waals surface area contributed by atoms with Crippen LogP contribution >= 0.6 is 0 Å². The molecule has 3 aromatic rings. The first-order valence-corrected chi connectivity index (χ1v) is 13.7. The van der Waals surface area contributed by atoms with Crippen molar-refractivity contribution in [2.45, 2.75) is 76.2 Å². The standard InChI is InChI=1S/C27H36FN11O3/c1-25(2)11-17(12-27(30)7-6-8-38(25)27)32-22-16(13-29)14-31-23(34-22)33-19-10-20(39-24(40)37(5)35-36-39)21(9-18(19)28)42-15-26(3,4)41/h9-10,14,17,41H,6-8,11-12,15,30H2,1-5H3,(H2,31,32,33,34). The zero-order valence-electron chi connectivity index (χ0n) is 24.3. The van der Waals surface area contributed by atoms with Gasteiger partial charge in [0.05, 0.1) is 23.1 Å². The van der Waals surface area contributed by atoms with Gasteiger partial charge in [0, 0.05) is 31.2 Å². The van der Waals surface area contributed by atoms with Crippen LogP contribution in [0.3, 0.4) is 0 Å². The number of hydrogen-bond acceptors (Lipinski definition) is 12.